The number of ether oxygens (including phenoxy) is 3. The van der Waals surface area contributed by atoms with E-state index in [-0.39, 0.29) is 18.8 Å². The molecule has 4 rings (SSSR count). The summed E-state index contributed by atoms with van der Waals surface area (Å²) in [6, 6.07) is 12.0. The molecule has 0 bridgehead atoms. The molecule has 2 aromatic carbocycles. The van der Waals surface area contributed by atoms with Crippen LogP contribution in [0.5, 0.6) is 11.5 Å². The van der Waals surface area contributed by atoms with Crippen molar-refractivity contribution in [3.8, 4) is 23.8 Å². The van der Waals surface area contributed by atoms with Gasteiger partial charge >= 0.3 is 5.97 Å². The Morgan fingerprint density at radius 3 is 2.67 bits per heavy atom. The fourth-order valence-corrected chi connectivity index (χ4v) is 5.50. The molecule has 0 unspecified atom stereocenters. The molecule has 0 saturated heterocycles. The quantitative estimate of drug-likeness (QED) is 0.322. The van der Waals surface area contributed by atoms with Crippen LogP contribution in [-0.4, -0.2) is 30.9 Å². The van der Waals surface area contributed by atoms with Crippen molar-refractivity contribution >= 4 is 39.3 Å². The van der Waals surface area contributed by atoms with Crippen LogP contribution in [-0.2, 0) is 9.53 Å². The largest absolute Gasteiger partial charge is 0.496 e. The maximum absolute atomic E-state index is 13.7. The van der Waals surface area contributed by atoms with Crippen molar-refractivity contribution in [3.63, 3.8) is 0 Å². The van der Waals surface area contributed by atoms with Crippen molar-refractivity contribution in [3.05, 3.63) is 89.0 Å². The Kier molecular flexibility index (Phi) is 7.77. The highest BCUT2D eigenvalue weighted by Gasteiger charge is 2.33. The number of fused-ring (bicyclic) bond motifs is 1. The van der Waals surface area contributed by atoms with Gasteiger partial charge in [0.1, 0.15) is 18.1 Å². The lowest BCUT2D eigenvalue weighted by atomic mass is 9.96. The number of carbonyl (C=O) groups is 1. The van der Waals surface area contributed by atoms with Gasteiger partial charge in [0.25, 0.3) is 5.56 Å². The van der Waals surface area contributed by atoms with Crippen LogP contribution >= 0.6 is 27.3 Å². The molecule has 2 heterocycles. The van der Waals surface area contributed by atoms with E-state index in [4.69, 9.17) is 20.6 Å². The summed E-state index contributed by atoms with van der Waals surface area (Å²) >= 11 is 4.78. The normalized spacial score (nSPS) is 15.1. The number of allylic oxidation sites excluding steroid dienone is 1. The average molecular weight is 567 g/mol. The Hall–Kier alpha value is -3.61. The van der Waals surface area contributed by atoms with Crippen LogP contribution in [0.15, 0.2) is 68.0 Å². The molecule has 0 radical (unpaired) electrons. The number of carbonyl (C=O) groups excluding carboxylic acids is 1. The summed E-state index contributed by atoms with van der Waals surface area (Å²) in [6.45, 7) is 3.89. The number of terminal acetylenes is 1. The summed E-state index contributed by atoms with van der Waals surface area (Å²) in [4.78, 5) is 31.8. The molecule has 0 N–H and O–H groups in total. The van der Waals surface area contributed by atoms with Crippen molar-refractivity contribution in [1.29, 1.82) is 0 Å². The van der Waals surface area contributed by atoms with E-state index in [0.29, 0.717) is 36.6 Å². The number of rotatable bonds is 7. The van der Waals surface area contributed by atoms with E-state index < -0.39 is 12.0 Å². The number of esters is 1. The summed E-state index contributed by atoms with van der Waals surface area (Å²) in [6.07, 6.45) is 7.03. The van der Waals surface area contributed by atoms with Gasteiger partial charge in [-0.1, -0.05) is 35.5 Å². The van der Waals surface area contributed by atoms with Gasteiger partial charge in [0.2, 0.25) is 0 Å². The molecular weight excluding hydrogens is 544 g/mol. The monoisotopic (exact) mass is 566 g/mol. The molecule has 0 spiro atoms. The van der Waals surface area contributed by atoms with Crippen molar-refractivity contribution in [1.82, 2.24) is 4.57 Å². The minimum Gasteiger partial charge on any atom is -0.496 e. The minimum atomic E-state index is -0.704. The molecule has 0 amide bonds. The molecule has 7 nitrogen and oxygen atoms in total. The summed E-state index contributed by atoms with van der Waals surface area (Å²) in [5.41, 5.74) is 2.12. The van der Waals surface area contributed by atoms with Crippen molar-refractivity contribution in [2.45, 2.75) is 19.9 Å². The van der Waals surface area contributed by atoms with E-state index in [1.54, 1.807) is 49.8 Å². The number of hydrogen-bond donors (Lipinski definition) is 0. The number of nitrogens with zero attached hydrogens (tertiary/aromatic N) is 2. The van der Waals surface area contributed by atoms with Gasteiger partial charge in [-0.3, -0.25) is 9.36 Å². The second-order valence-corrected chi connectivity index (χ2v) is 9.62. The van der Waals surface area contributed by atoms with Gasteiger partial charge in [0.15, 0.2) is 4.80 Å². The zero-order valence-electron chi connectivity index (χ0n) is 19.9. The third-order valence-electron chi connectivity index (χ3n) is 5.51. The first kappa shape index (κ1) is 25.5. The lowest BCUT2D eigenvalue weighted by Crippen LogP contribution is -2.39. The molecule has 3 aromatic rings. The minimum absolute atomic E-state index is 0.182. The average Bonchev–Trinajstić information content (AvgIpc) is 3.17. The Morgan fingerprint density at radius 1 is 1.28 bits per heavy atom. The molecule has 0 saturated carbocycles. The van der Waals surface area contributed by atoms with Crippen LogP contribution in [0.1, 0.15) is 31.0 Å². The van der Waals surface area contributed by atoms with Crippen LogP contribution in [0.4, 0.5) is 0 Å². The lowest BCUT2D eigenvalue weighted by Gasteiger charge is -2.25. The molecule has 1 aromatic heterocycles. The summed E-state index contributed by atoms with van der Waals surface area (Å²) in [7, 11) is 1.57. The fraction of sp³-hybridized carbons (Fsp3) is 0.222. The molecule has 1 aliphatic rings. The Bertz CT molecular complexity index is 1560. The topological polar surface area (TPSA) is 79.1 Å². The molecule has 1 aliphatic heterocycles. The highest BCUT2D eigenvalue weighted by Crippen LogP contribution is 2.35. The van der Waals surface area contributed by atoms with Crippen molar-refractivity contribution in [2.75, 3.05) is 20.3 Å². The van der Waals surface area contributed by atoms with Crippen LogP contribution < -0.4 is 24.4 Å². The molecule has 36 heavy (non-hydrogen) atoms. The van der Waals surface area contributed by atoms with Gasteiger partial charge in [-0.15, -0.1) is 6.42 Å². The zero-order valence-corrected chi connectivity index (χ0v) is 22.3. The van der Waals surface area contributed by atoms with E-state index in [1.807, 2.05) is 24.3 Å². The highest BCUT2D eigenvalue weighted by atomic mass is 79.9. The van der Waals surface area contributed by atoms with Crippen LogP contribution in [0.2, 0.25) is 0 Å². The van der Waals surface area contributed by atoms with Gasteiger partial charge in [0, 0.05) is 0 Å². The lowest BCUT2D eigenvalue weighted by molar-refractivity contribution is -0.139. The zero-order chi connectivity index (χ0) is 25.8. The number of methoxy groups -OCH3 is 1. The first-order valence-corrected chi connectivity index (χ1v) is 12.7. The van der Waals surface area contributed by atoms with Crippen molar-refractivity contribution in [2.24, 2.45) is 4.99 Å². The van der Waals surface area contributed by atoms with Gasteiger partial charge in [0.05, 0.1) is 40.0 Å². The second-order valence-electron chi connectivity index (χ2n) is 7.76. The number of hydrogen-bond acceptors (Lipinski definition) is 7. The molecule has 9 heteroatoms. The van der Waals surface area contributed by atoms with E-state index in [1.165, 1.54) is 11.3 Å². The molecule has 0 fully saturated rings. The SMILES string of the molecule is C#CCOc1ccc(/C=c2\sc3n(c2=O)[C@@H](c2ccc(OC)c(Br)c2)C(C(=O)OCC)=C(C)N=3)cc1. The summed E-state index contributed by atoms with van der Waals surface area (Å²) in [5, 5.41) is 0. The molecule has 1 atom stereocenters. The summed E-state index contributed by atoms with van der Waals surface area (Å²) < 4.78 is 18.8. The Labute approximate surface area is 220 Å². The highest BCUT2D eigenvalue weighted by molar-refractivity contribution is 9.10. The predicted octanol–water partition coefficient (Wildman–Crippen LogP) is 3.58. The molecule has 0 aliphatic carbocycles. The number of thiazole rings is 1. The maximum atomic E-state index is 13.7. The standard InChI is InChI=1S/C27H23BrN2O5S/c1-5-13-35-19-10-7-17(8-11-19)14-22-25(31)30-24(18-9-12-21(33-4)20(28)15-18)23(26(32)34-6-2)16(3)29-27(30)36-22/h1,7-12,14-15,24H,6,13H2,2-4H3/b22-14-/t24-/m0/s1. The first-order valence-electron chi connectivity index (χ1n) is 11.1. The Balaban J connectivity index is 1.87. The number of benzene rings is 2. The van der Waals surface area contributed by atoms with Gasteiger partial charge < -0.3 is 14.2 Å². The smallest absolute Gasteiger partial charge is 0.338 e. The molecular formula is C27H23BrN2O5S. The van der Waals surface area contributed by atoms with Gasteiger partial charge in [-0.05, 0) is 71.2 Å². The van der Waals surface area contributed by atoms with Gasteiger partial charge in [-0.25, -0.2) is 9.79 Å². The fourth-order valence-electron chi connectivity index (χ4n) is 3.90. The number of aromatic nitrogens is 1. The Morgan fingerprint density at radius 2 is 2.03 bits per heavy atom. The van der Waals surface area contributed by atoms with Crippen LogP contribution in [0, 0.1) is 12.3 Å². The number of halogens is 1. The molecule has 184 valence electrons. The van der Waals surface area contributed by atoms with E-state index in [9.17, 15) is 9.59 Å². The predicted molar refractivity (Wildman–Crippen MR) is 142 cm³/mol. The second kappa shape index (κ2) is 11.0. The maximum Gasteiger partial charge on any atom is 0.338 e. The van der Waals surface area contributed by atoms with Crippen molar-refractivity contribution < 1.29 is 19.0 Å². The van der Waals surface area contributed by atoms with Gasteiger partial charge in [-0.2, -0.15) is 0 Å². The first-order chi connectivity index (χ1) is 17.4. The van der Waals surface area contributed by atoms with E-state index in [2.05, 4.69) is 26.8 Å². The van der Waals surface area contributed by atoms with E-state index >= 15 is 0 Å². The van der Waals surface area contributed by atoms with Crippen LogP contribution in [0.25, 0.3) is 6.08 Å². The third-order valence-corrected chi connectivity index (χ3v) is 7.11. The summed E-state index contributed by atoms with van der Waals surface area (Å²) in [5.74, 6) is 3.20. The van der Waals surface area contributed by atoms with Crippen LogP contribution in [0.3, 0.4) is 0 Å². The third kappa shape index (κ3) is 5.01. The van der Waals surface area contributed by atoms with E-state index in [0.717, 1.165) is 11.1 Å².